The molecule has 0 amide bonds. The first-order chi connectivity index (χ1) is 15.9. The van der Waals surface area contributed by atoms with Crippen LogP contribution in [-0.2, 0) is 15.3 Å². The van der Waals surface area contributed by atoms with Crippen molar-refractivity contribution in [2.24, 2.45) is 4.99 Å². The molecule has 1 aliphatic heterocycles. The molecule has 0 spiro atoms. The Morgan fingerprint density at radius 2 is 1.85 bits per heavy atom. The number of hydrogen-bond acceptors (Lipinski definition) is 8. The lowest BCUT2D eigenvalue weighted by Gasteiger charge is -2.26. The second-order valence-electron chi connectivity index (χ2n) is 7.67. The Morgan fingerprint density at radius 3 is 2.45 bits per heavy atom. The number of carbonyl (C=O) groups is 1. The molecule has 0 aliphatic carbocycles. The van der Waals surface area contributed by atoms with Gasteiger partial charge in [0, 0.05) is 36.8 Å². The van der Waals surface area contributed by atoms with E-state index in [4.69, 9.17) is 19.2 Å². The average Bonchev–Trinajstić information content (AvgIpc) is 2.82. The molecule has 0 bridgehead atoms. The molecule has 0 unspecified atom stereocenters. The van der Waals surface area contributed by atoms with Crippen LogP contribution in [0.4, 0.5) is 5.69 Å². The Morgan fingerprint density at radius 1 is 1.12 bits per heavy atom. The first-order valence-electron chi connectivity index (χ1n) is 10.7. The summed E-state index contributed by atoms with van der Waals surface area (Å²) in [4.78, 5) is 19.7. The number of nitrogens with one attached hydrogen (secondary N) is 1. The largest absolute Gasteiger partial charge is 0.497 e. The highest BCUT2D eigenvalue weighted by Crippen LogP contribution is 2.35. The minimum atomic E-state index is -0.448. The third-order valence-corrected chi connectivity index (χ3v) is 6.23. The van der Waals surface area contributed by atoms with Gasteiger partial charge in [-0.2, -0.15) is 0 Å². The van der Waals surface area contributed by atoms with E-state index >= 15 is 0 Å². The number of benzene rings is 2. The Balaban J connectivity index is 1.90. The van der Waals surface area contributed by atoms with Gasteiger partial charge in [0.1, 0.15) is 17.5 Å². The van der Waals surface area contributed by atoms with Crippen molar-refractivity contribution in [3.05, 3.63) is 64.9 Å². The lowest BCUT2D eigenvalue weighted by atomic mass is 9.96. The van der Waals surface area contributed by atoms with Gasteiger partial charge in [0.05, 0.1) is 26.4 Å². The van der Waals surface area contributed by atoms with Crippen molar-refractivity contribution in [3.63, 3.8) is 0 Å². The molecule has 1 aliphatic rings. The van der Waals surface area contributed by atoms with Crippen LogP contribution in [0.5, 0.6) is 11.5 Å². The number of esters is 1. The minimum absolute atomic E-state index is 0.308. The van der Waals surface area contributed by atoms with Gasteiger partial charge in [-0.25, -0.2) is 9.79 Å². The molecule has 1 N–H and O–H groups in total. The highest BCUT2D eigenvalue weighted by molar-refractivity contribution is 8.13. The first-order valence-corrected chi connectivity index (χ1v) is 11.7. The molecule has 1 heterocycles. The summed E-state index contributed by atoms with van der Waals surface area (Å²) in [5.41, 5.74) is 4.27. The third-order valence-electron chi connectivity index (χ3n) is 5.29. The van der Waals surface area contributed by atoms with Crippen molar-refractivity contribution >= 4 is 28.6 Å². The summed E-state index contributed by atoms with van der Waals surface area (Å²) in [5, 5.41) is 4.01. The van der Waals surface area contributed by atoms with Gasteiger partial charge in [0.15, 0.2) is 5.17 Å². The lowest BCUT2D eigenvalue weighted by molar-refractivity contribution is -0.138. The number of hydrogen-bond donors (Lipinski definition) is 1. The zero-order valence-electron chi connectivity index (χ0n) is 20.0. The smallest absolute Gasteiger partial charge is 0.338 e. The van der Waals surface area contributed by atoms with Gasteiger partial charge < -0.3 is 24.4 Å². The first kappa shape index (κ1) is 24.5. The van der Waals surface area contributed by atoms with Crippen molar-refractivity contribution in [1.82, 2.24) is 5.32 Å². The van der Waals surface area contributed by atoms with Gasteiger partial charge in [-0.3, -0.25) is 0 Å². The van der Waals surface area contributed by atoms with Gasteiger partial charge in [0.2, 0.25) is 0 Å². The normalized spacial score (nSPS) is 15.5. The summed E-state index contributed by atoms with van der Waals surface area (Å²) in [6.45, 7) is 3.99. The fourth-order valence-electron chi connectivity index (χ4n) is 3.53. The van der Waals surface area contributed by atoms with Crippen LogP contribution in [0.1, 0.15) is 31.0 Å². The topological polar surface area (TPSA) is 72.4 Å². The van der Waals surface area contributed by atoms with Crippen molar-refractivity contribution in [2.45, 2.75) is 25.6 Å². The van der Waals surface area contributed by atoms with Crippen LogP contribution in [0.15, 0.2) is 58.7 Å². The van der Waals surface area contributed by atoms with Crippen molar-refractivity contribution < 1.29 is 19.0 Å². The minimum Gasteiger partial charge on any atom is -0.497 e. The maximum absolute atomic E-state index is 12.8. The van der Waals surface area contributed by atoms with E-state index in [0.29, 0.717) is 17.9 Å². The molecule has 0 radical (unpaired) electrons. The predicted octanol–water partition coefficient (Wildman–Crippen LogP) is 4.54. The van der Waals surface area contributed by atoms with Crippen molar-refractivity contribution in [1.29, 1.82) is 0 Å². The highest BCUT2D eigenvalue weighted by Gasteiger charge is 2.30. The summed E-state index contributed by atoms with van der Waals surface area (Å²) in [7, 11) is 7.28. The van der Waals surface area contributed by atoms with Crippen LogP contribution in [0, 0.1) is 0 Å². The Labute approximate surface area is 199 Å². The molecule has 2 aromatic rings. The van der Waals surface area contributed by atoms with Crippen LogP contribution in [0.25, 0.3) is 0 Å². The van der Waals surface area contributed by atoms with Crippen LogP contribution < -0.4 is 19.7 Å². The van der Waals surface area contributed by atoms with E-state index in [1.54, 1.807) is 32.9 Å². The number of amidine groups is 1. The molecule has 0 fully saturated rings. The van der Waals surface area contributed by atoms with E-state index in [1.807, 2.05) is 68.4 Å². The number of thioether (sulfide) groups is 1. The van der Waals surface area contributed by atoms with Crippen molar-refractivity contribution in [2.75, 3.05) is 39.8 Å². The molecule has 0 saturated carbocycles. The van der Waals surface area contributed by atoms with E-state index in [0.717, 1.165) is 39.2 Å². The molecule has 33 heavy (non-hydrogen) atoms. The average molecular weight is 470 g/mol. The van der Waals surface area contributed by atoms with Crippen LogP contribution in [0.2, 0.25) is 0 Å². The van der Waals surface area contributed by atoms with Crippen LogP contribution >= 0.6 is 11.8 Å². The zero-order valence-corrected chi connectivity index (χ0v) is 20.8. The number of nitrogens with zero attached hydrogens (tertiary/aromatic N) is 2. The Hall–Kier alpha value is -3.13. The number of anilines is 1. The fraction of sp³-hybridized carbons (Fsp3) is 0.360. The van der Waals surface area contributed by atoms with E-state index in [2.05, 4.69) is 5.32 Å². The SMILES string of the molecule is CCOC(=O)C1=C(C)NC(SCc2cc(OC)ccc2OC)=N[C@H]1c1ccc(N(C)C)cc1. The summed E-state index contributed by atoms with van der Waals surface area (Å²) in [5.74, 6) is 1.83. The maximum atomic E-state index is 12.8. The number of aliphatic imine (C=N–C) groups is 1. The number of allylic oxidation sites excluding steroid dienone is 1. The quantitative estimate of drug-likeness (QED) is 0.569. The molecule has 0 aromatic heterocycles. The van der Waals surface area contributed by atoms with Gasteiger partial charge in [-0.1, -0.05) is 23.9 Å². The van der Waals surface area contributed by atoms with Gasteiger partial charge >= 0.3 is 5.97 Å². The number of carbonyl (C=O) groups excluding carboxylic acids is 1. The molecule has 0 saturated heterocycles. The monoisotopic (exact) mass is 469 g/mol. The van der Waals surface area contributed by atoms with E-state index in [-0.39, 0.29) is 5.97 Å². The summed E-state index contributed by atoms with van der Waals surface area (Å²) >= 11 is 1.55. The second-order valence-corrected chi connectivity index (χ2v) is 8.64. The molecular weight excluding hydrogens is 438 g/mol. The lowest BCUT2D eigenvalue weighted by Crippen LogP contribution is -2.30. The van der Waals surface area contributed by atoms with E-state index in [1.165, 1.54) is 0 Å². The number of methoxy groups -OCH3 is 2. The van der Waals surface area contributed by atoms with Crippen molar-refractivity contribution in [3.8, 4) is 11.5 Å². The number of rotatable bonds is 8. The third kappa shape index (κ3) is 5.82. The maximum Gasteiger partial charge on any atom is 0.338 e. The molecule has 8 heteroatoms. The van der Waals surface area contributed by atoms with Crippen LogP contribution in [0.3, 0.4) is 0 Å². The van der Waals surface area contributed by atoms with E-state index < -0.39 is 6.04 Å². The summed E-state index contributed by atoms with van der Waals surface area (Å²) in [6.07, 6.45) is 0. The standard InChI is InChI=1S/C25H31N3O4S/c1-7-32-24(29)22-16(2)26-25(27-23(22)17-8-10-19(11-9-17)28(3)4)33-15-18-14-20(30-5)12-13-21(18)31-6/h8-14,23H,7,15H2,1-6H3,(H,26,27)/t23-/m0/s1. The van der Waals surface area contributed by atoms with Gasteiger partial charge in [0.25, 0.3) is 0 Å². The molecule has 176 valence electrons. The molecule has 1 atom stereocenters. The van der Waals surface area contributed by atoms with Gasteiger partial charge in [-0.15, -0.1) is 0 Å². The Kier molecular flexibility index (Phi) is 8.27. The molecular formula is C25H31N3O4S. The van der Waals surface area contributed by atoms with E-state index in [9.17, 15) is 4.79 Å². The van der Waals surface area contributed by atoms with Crippen LogP contribution in [-0.4, -0.2) is 46.1 Å². The van der Waals surface area contributed by atoms with Gasteiger partial charge in [-0.05, 0) is 49.7 Å². The predicted molar refractivity (Wildman–Crippen MR) is 134 cm³/mol. The fourth-order valence-corrected chi connectivity index (χ4v) is 4.45. The number of ether oxygens (including phenoxy) is 3. The summed E-state index contributed by atoms with van der Waals surface area (Å²) < 4.78 is 16.2. The molecule has 2 aromatic carbocycles. The Bertz CT molecular complexity index is 1050. The molecule has 7 nitrogen and oxygen atoms in total. The zero-order chi connectivity index (χ0) is 24.0. The molecule has 3 rings (SSSR count). The summed E-state index contributed by atoms with van der Waals surface area (Å²) in [6, 6.07) is 13.3. The second kappa shape index (κ2) is 11.1. The highest BCUT2D eigenvalue weighted by atomic mass is 32.2.